The quantitative estimate of drug-likeness (QED) is 0.828. The largest absolute Gasteiger partial charge is 0.481 e. The molecule has 0 spiro atoms. The van der Waals surface area contributed by atoms with Crippen LogP contribution in [0.3, 0.4) is 0 Å². The monoisotopic (exact) mass is 251 g/mol. The number of carboxylic acid groups (broad SMARTS) is 1. The van der Waals surface area contributed by atoms with Crippen LogP contribution in [0.2, 0.25) is 0 Å². The third-order valence-electron chi connectivity index (χ3n) is 3.28. The summed E-state index contributed by atoms with van der Waals surface area (Å²) in [5.41, 5.74) is 2.22. The number of aryl methyl sites for hydroxylation is 1. The van der Waals surface area contributed by atoms with E-state index >= 15 is 0 Å². The van der Waals surface area contributed by atoms with Gasteiger partial charge in [0.1, 0.15) is 0 Å². The van der Waals surface area contributed by atoms with E-state index in [1.807, 2.05) is 11.7 Å². The summed E-state index contributed by atoms with van der Waals surface area (Å²) in [6.45, 7) is 0. The van der Waals surface area contributed by atoms with Gasteiger partial charge in [0.15, 0.2) is 0 Å². The van der Waals surface area contributed by atoms with Gasteiger partial charge in [0.25, 0.3) is 0 Å². The summed E-state index contributed by atoms with van der Waals surface area (Å²) >= 11 is 0. The minimum atomic E-state index is -0.948. The summed E-state index contributed by atoms with van der Waals surface area (Å²) in [5.74, 6) is -1.16. The van der Waals surface area contributed by atoms with Crippen molar-refractivity contribution in [3.63, 3.8) is 0 Å². The Labute approximate surface area is 105 Å². The lowest BCUT2D eigenvalue weighted by Crippen LogP contribution is -2.31. The second-order valence-electron chi connectivity index (χ2n) is 4.58. The van der Waals surface area contributed by atoms with Crippen molar-refractivity contribution in [1.82, 2.24) is 15.1 Å². The molecule has 0 radical (unpaired) electrons. The first-order valence-corrected chi connectivity index (χ1v) is 6.10. The van der Waals surface area contributed by atoms with Crippen molar-refractivity contribution in [3.8, 4) is 0 Å². The molecule has 0 saturated carbocycles. The van der Waals surface area contributed by atoms with Gasteiger partial charge in [-0.25, -0.2) is 0 Å². The Bertz CT molecular complexity index is 467. The lowest BCUT2D eigenvalue weighted by molar-refractivity contribution is -0.138. The van der Waals surface area contributed by atoms with Crippen LogP contribution in [0.15, 0.2) is 6.20 Å². The van der Waals surface area contributed by atoms with Crippen LogP contribution in [0.1, 0.15) is 43.0 Å². The maximum atomic E-state index is 11.6. The molecule has 1 aliphatic rings. The van der Waals surface area contributed by atoms with E-state index in [4.69, 9.17) is 5.11 Å². The van der Waals surface area contributed by atoms with E-state index in [2.05, 4.69) is 10.4 Å². The van der Waals surface area contributed by atoms with Gasteiger partial charge in [0, 0.05) is 24.7 Å². The molecule has 0 bridgehead atoms. The Balaban J connectivity index is 1.98. The molecule has 2 rings (SSSR count). The molecule has 0 aromatic carbocycles. The van der Waals surface area contributed by atoms with E-state index in [-0.39, 0.29) is 24.8 Å². The Morgan fingerprint density at radius 1 is 1.56 bits per heavy atom. The van der Waals surface area contributed by atoms with Crippen LogP contribution in [0.4, 0.5) is 0 Å². The molecule has 18 heavy (non-hydrogen) atoms. The normalized spacial score (nSPS) is 18.2. The molecule has 1 aromatic rings. The van der Waals surface area contributed by atoms with Crippen LogP contribution in [-0.4, -0.2) is 26.8 Å². The molecule has 0 fully saturated rings. The lowest BCUT2D eigenvalue weighted by atomic mass is 9.93. The topological polar surface area (TPSA) is 84.2 Å². The highest BCUT2D eigenvalue weighted by Gasteiger charge is 2.24. The zero-order valence-corrected chi connectivity index (χ0v) is 10.3. The summed E-state index contributed by atoms with van der Waals surface area (Å²) < 4.78 is 1.84. The predicted octanol–water partition coefficient (Wildman–Crippen LogP) is 0.778. The van der Waals surface area contributed by atoms with E-state index in [1.54, 1.807) is 6.20 Å². The van der Waals surface area contributed by atoms with Crippen LogP contribution < -0.4 is 5.32 Å². The molecule has 6 heteroatoms. The molecule has 6 nitrogen and oxygen atoms in total. The first-order valence-electron chi connectivity index (χ1n) is 6.10. The SMILES string of the molecule is Cn1ncc2c1CCCC2NC(=O)CCC(=O)O. The standard InChI is InChI=1S/C12H17N3O3/c1-15-10-4-2-3-9(8(10)7-13-15)14-11(16)5-6-12(17)18/h7,9H,2-6H2,1H3,(H,14,16)(H,17,18). The van der Waals surface area contributed by atoms with Gasteiger partial charge in [-0.1, -0.05) is 0 Å². The number of hydrogen-bond donors (Lipinski definition) is 2. The van der Waals surface area contributed by atoms with Crippen molar-refractivity contribution in [2.75, 3.05) is 0 Å². The molecule has 0 saturated heterocycles. The summed E-state index contributed by atoms with van der Waals surface area (Å²) in [5, 5.41) is 15.6. The van der Waals surface area contributed by atoms with Crippen LogP contribution >= 0.6 is 0 Å². The van der Waals surface area contributed by atoms with Crippen LogP contribution in [0.25, 0.3) is 0 Å². The zero-order valence-electron chi connectivity index (χ0n) is 10.3. The zero-order chi connectivity index (χ0) is 13.1. The fraction of sp³-hybridized carbons (Fsp3) is 0.583. The van der Waals surface area contributed by atoms with Crippen LogP contribution in [-0.2, 0) is 23.1 Å². The minimum absolute atomic E-state index is 0.0243. The van der Waals surface area contributed by atoms with E-state index in [1.165, 1.54) is 0 Å². The number of carbonyl (C=O) groups is 2. The molecule has 2 N–H and O–H groups in total. The average Bonchev–Trinajstić information content (AvgIpc) is 2.70. The van der Waals surface area contributed by atoms with Gasteiger partial charge in [0.05, 0.1) is 18.7 Å². The third-order valence-corrected chi connectivity index (χ3v) is 3.28. The molecular weight excluding hydrogens is 234 g/mol. The molecule has 1 aliphatic carbocycles. The van der Waals surface area contributed by atoms with Crippen molar-refractivity contribution >= 4 is 11.9 Å². The van der Waals surface area contributed by atoms with Crippen molar-refractivity contribution < 1.29 is 14.7 Å². The van der Waals surface area contributed by atoms with Gasteiger partial charge in [-0.15, -0.1) is 0 Å². The Morgan fingerprint density at radius 3 is 3.06 bits per heavy atom. The highest BCUT2D eigenvalue weighted by Crippen LogP contribution is 2.29. The van der Waals surface area contributed by atoms with Crippen LogP contribution in [0.5, 0.6) is 0 Å². The van der Waals surface area contributed by atoms with Gasteiger partial charge < -0.3 is 10.4 Å². The molecule has 1 aromatic heterocycles. The number of rotatable bonds is 4. The summed E-state index contributed by atoms with van der Waals surface area (Å²) in [7, 11) is 1.90. The van der Waals surface area contributed by atoms with Gasteiger partial charge in [-0.2, -0.15) is 5.10 Å². The first-order chi connectivity index (χ1) is 8.58. The highest BCUT2D eigenvalue weighted by atomic mass is 16.4. The molecule has 1 unspecified atom stereocenters. The molecule has 1 heterocycles. The van der Waals surface area contributed by atoms with Gasteiger partial charge in [-0.05, 0) is 19.3 Å². The van der Waals surface area contributed by atoms with Crippen molar-refractivity contribution in [1.29, 1.82) is 0 Å². The number of aromatic nitrogens is 2. The van der Waals surface area contributed by atoms with E-state index < -0.39 is 5.97 Å². The maximum absolute atomic E-state index is 11.6. The summed E-state index contributed by atoms with van der Waals surface area (Å²) in [6.07, 6.45) is 4.57. The van der Waals surface area contributed by atoms with E-state index in [9.17, 15) is 9.59 Å². The number of amides is 1. The fourth-order valence-electron chi connectivity index (χ4n) is 2.34. The molecule has 98 valence electrons. The Morgan fingerprint density at radius 2 is 2.33 bits per heavy atom. The Kier molecular flexibility index (Phi) is 3.64. The first kappa shape index (κ1) is 12.6. The fourth-order valence-corrected chi connectivity index (χ4v) is 2.34. The molecule has 1 atom stereocenters. The molecular formula is C12H17N3O3. The summed E-state index contributed by atoms with van der Waals surface area (Å²) in [4.78, 5) is 22.0. The van der Waals surface area contributed by atoms with Gasteiger partial charge in [-0.3, -0.25) is 14.3 Å². The number of aliphatic carboxylic acids is 1. The van der Waals surface area contributed by atoms with E-state index in [0.717, 1.165) is 30.5 Å². The molecule has 0 aliphatic heterocycles. The number of carbonyl (C=O) groups excluding carboxylic acids is 1. The minimum Gasteiger partial charge on any atom is -0.481 e. The number of fused-ring (bicyclic) bond motifs is 1. The summed E-state index contributed by atoms with van der Waals surface area (Å²) in [6, 6.07) is -0.0243. The number of hydrogen-bond acceptors (Lipinski definition) is 3. The van der Waals surface area contributed by atoms with Crippen molar-refractivity contribution in [3.05, 3.63) is 17.5 Å². The lowest BCUT2D eigenvalue weighted by Gasteiger charge is -2.23. The second kappa shape index (κ2) is 5.20. The smallest absolute Gasteiger partial charge is 0.303 e. The number of nitrogens with one attached hydrogen (secondary N) is 1. The van der Waals surface area contributed by atoms with Gasteiger partial charge in [0.2, 0.25) is 5.91 Å². The van der Waals surface area contributed by atoms with Crippen molar-refractivity contribution in [2.24, 2.45) is 7.05 Å². The highest BCUT2D eigenvalue weighted by molar-refractivity contribution is 5.80. The third kappa shape index (κ3) is 2.69. The number of nitrogens with zero attached hydrogens (tertiary/aromatic N) is 2. The number of carboxylic acids is 1. The second-order valence-corrected chi connectivity index (χ2v) is 4.58. The Hall–Kier alpha value is -1.85. The van der Waals surface area contributed by atoms with Crippen LogP contribution in [0, 0.1) is 0 Å². The maximum Gasteiger partial charge on any atom is 0.303 e. The average molecular weight is 251 g/mol. The van der Waals surface area contributed by atoms with Crippen molar-refractivity contribution in [2.45, 2.75) is 38.1 Å². The van der Waals surface area contributed by atoms with E-state index in [0.29, 0.717) is 0 Å². The van der Waals surface area contributed by atoms with Gasteiger partial charge >= 0.3 is 5.97 Å². The molecule has 1 amide bonds. The predicted molar refractivity (Wildman–Crippen MR) is 63.9 cm³/mol.